The van der Waals surface area contributed by atoms with Crippen LogP contribution in [-0.4, -0.2) is 57.3 Å². The number of benzene rings is 1. The van der Waals surface area contributed by atoms with Crippen LogP contribution in [0.2, 0.25) is 0 Å². The third-order valence-electron chi connectivity index (χ3n) is 4.02. The van der Waals surface area contributed by atoms with E-state index in [4.69, 9.17) is 9.47 Å². The van der Waals surface area contributed by atoms with Gasteiger partial charge in [0.15, 0.2) is 6.61 Å². The molecule has 1 heterocycles. The van der Waals surface area contributed by atoms with Gasteiger partial charge >= 0.3 is 0 Å². The number of amides is 1. The summed E-state index contributed by atoms with van der Waals surface area (Å²) in [5.41, 5.74) is 0. The van der Waals surface area contributed by atoms with Gasteiger partial charge < -0.3 is 19.7 Å². The fourth-order valence-electron chi connectivity index (χ4n) is 2.61. The van der Waals surface area contributed by atoms with E-state index in [1.165, 1.54) is 0 Å². The van der Waals surface area contributed by atoms with Crippen molar-refractivity contribution in [2.24, 2.45) is 5.92 Å². The number of ether oxygens (including phenoxy) is 2. The van der Waals surface area contributed by atoms with Crippen molar-refractivity contribution in [2.75, 3.05) is 46.5 Å². The molecule has 5 heteroatoms. The van der Waals surface area contributed by atoms with E-state index in [-0.39, 0.29) is 12.5 Å². The molecule has 0 radical (unpaired) electrons. The van der Waals surface area contributed by atoms with Gasteiger partial charge in [-0.2, -0.15) is 0 Å². The number of carbonyl (C=O) groups is 1. The molecule has 0 spiro atoms. The number of likely N-dealkylation sites (tertiary alicyclic amines) is 1. The first-order chi connectivity index (χ1) is 10.8. The highest BCUT2D eigenvalue weighted by atomic mass is 16.5. The van der Waals surface area contributed by atoms with Crippen molar-refractivity contribution >= 4 is 5.91 Å². The van der Waals surface area contributed by atoms with E-state index in [9.17, 15) is 4.79 Å². The van der Waals surface area contributed by atoms with E-state index in [0.29, 0.717) is 5.92 Å². The first-order valence-electron chi connectivity index (χ1n) is 7.94. The average molecular weight is 306 g/mol. The van der Waals surface area contributed by atoms with Gasteiger partial charge in [-0.25, -0.2) is 0 Å². The Bertz CT molecular complexity index is 431. The molecule has 0 bridgehead atoms. The van der Waals surface area contributed by atoms with Crippen molar-refractivity contribution < 1.29 is 14.3 Å². The number of rotatable bonds is 8. The molecule has 1 aromatic rings. The number of nitrogens with one attached hydrogen (secondary N) is 1. The van der Waals surface area contributed by atoms with Crippen LogP contribution in [0, 0.1) is 5.92 Å². The van der Waals surface area contributed by atoms with Gasteiger partial charge in [0.25, 0.3) is 5.91 Å². The summed E-state index contributed by atoms with van der Waals surface area (Å²) in [6.07, 6.45) is 2.26. The van der Waals surface area contributed by atoms with Crippen LogP contribution < -0.4 is 10.1 Å². The van der Waals surface area contributed by atoms with Crippen molar-refractivity contribution in [1.29, 1.82) is 0 Å². The van der Waals surface area contributed by atoms with Crippen LogP contribution in [0.5, 0.6) is 5.75 Å². The molecule has 0 aliphatic carbocycles. The molecule has 1 aromatic carbocycles. The predicted molar refractivity (Wildman–Crippen MR) is 86.0 cm³/mol. The van der Waals surface area contributed by atoms with E-state index in [2.05, 4.69) is 10.2 Å². The number of piperidine rings is 1. The Morgan fingerprint density at radius 1 is 1.27 bits per heavy atom. The lowest BCUT2D eigenvalue weighted by atomic mass is 9.97. The quantitative estimate of drug-likeness (QED) is 0.791. The van der Waals surface area contributed by atoms with Gasteiger partial charge in [0, 0.05) is 20.2 Å². The Morgan fingerprint density at radius 3 is 2.68 bits per heavy atom. The molecule has 1 amide bonds. The summed E-state index contributed by atoms with van der Waals surface area (Å²) < 4.78 is 10.5. The zero-order chi connectivity index (χ0) is 15.6. The SMILES string of the molecule is COCCN1CCC(CNC(=O)COc2ccccc2)CC1. The number of hydrogen-bond donors (Lipinski definition) is 1. The van der Waals surface area contributed by atoms with E-state index >= 15 is 0 Å². The molecule has 1 aliphatic rings. The van der Waals surface area contributed by atoms with Crippen LogP contribution in [-0.2, 0) is 9.53 Å². The van der Waals surface area contributed by atoms with Gasteiger partial charge in [-0.15, -0.1) is 0 Å². The smallest absolute Gasteiger partial charge is 0.257 e. The zero-order valence-corrected chi connectivity index (χ0v) is 13.3. The molecule has 1 aliphatic heterocycles. The normalized spacial score (nSPS) is 16.4. The second-order valence-electron chi connectivity index (χ2n) is 5.68. The standard InChI is InChI=1S/C17H26N2O3/c1-21-12-11-19-9-7-15(8-10-19)13-18-17(20)14-22-16-5-3-2-4-6-16/h2-6,15H,7-14H2,1H3,(H,18,20). The summed E-state index contributed by atoms with van der Waals surface area (Å²) in [5.74, 6) is 1.24. The highest BCUT2D eigenvalue weighted by Crippen LogP contribution is 2.16. The van der Waals surface area contributed by atoms with Gasteiger partial charge in [-0.1, -0.05) is 18.2 Å². The fraction of sp³-hybridized carbons (Fsp3) is 0.588. The van der Waals surface area contributed by atoms with Crippen LogP contribution in [0.3, 0.4) is 0 Å². The lowest BCUT2D eigenvalue weighted by molar-refractivity contribution is -0.123. The topological polar surface area (TPSA) is 50.8 Å². The lowest BCUT2D eigenvalue weighted by Gasteiger charge is -2.31. The minimum atomic E-state index is -0.0503. The van der Waals surface area contributed by atoms with Gasteiger partial charge in [0.1, 0.15) is 5.75 Å². The van der Waals surface area contributed by atoms with Crippen molar-refractivity contribution in [3.8, 4) is 5.75 Å². The third-order valence-corrected chi connectivity index (χ3v) is 4.02. The number of nitrogens with zero attached hydrogens (tertiary/aromatic N) is 1. The molecule has 122 valence electrons. The molecule has 1 saturated heterocycles. The number of hydrogen-bond acceptors (Lipinski definition) is 4. The highest BCUT2D eigenvalue weighted by Gasteiger charge is 2.19. The van der Waals surface area contributed by atoms with E-state index < -0.39 is 0 Å². The van der Waals surface area contributed by atoms with Gasteiger partial charge in [-0.05, 0) is 44.0 Å². The largest absolute Gasteiger partial charge is 0.484 e. The molecule has 1 fully saturated rings. The van der Waals surface area contributed by atoms with Gasteiger partial charge in [0.2, 0.25) is 0 Å². The Hall–Kier alpha value is -1.59. The Balaban J connectivity index is 1.57. The maximum Gasteiger partial charge on any atom is 0.257 e. The molecular formula is C17H26N2O3. The van der Waals surface area contributed by atoms with Crippen molar-refractivity contribution in [3.63, 3.8) is 0 Å². The lowest BCUT2D eigenvalue weighted by Crippen LogP contribution is -2.40. The van der Waals surface area contributed by atoms with E-state index in [1.54, 1.807) is 7.11 Å². The van der Waals surface area contributed by atoms with Crippen molar-refractivity contribution in [3.05, 3.63) is 30.3 Å². The second-order valence-corrected chi connectivity index (χ2v) is 5.68. The molecule has 0 atom stereocenters. The van der Waals surface area contributed by atoms with Gasteiger partial charge in [0.05, 0.1) is 6.61 Å². The Kier molecular flexibility index (Phi) is 7.19. The molecule has 0 saturated carbocycles. The van der Waals surface area contributed by atoms with E-state index in [0.717, 1.165) is 51.4 Å². The second kappa shape index (κ2) is 9.43. The molecule has 0 unspecified atom stereocenters. The van der Waals surface area contributed by atoms with Crippen molar-refractivity contribution in [1.82, 2.24) is 10.2 Å². The molecule has 0 aromatic heterocycles. The van der Waals surface area contributed by atoms with Crippen LogP contribution in [0.25, 0.3) is 0 Å². The first-order valence-corrected chi connectivity index (χ1v) is 7.94. The van der Waals surface area contributed by atoms with Crippen LogP contribution in [0.15, 0.2) is 30.3 Å². The molecule has 5 nitrogen and oxygen atoms in total. The first kappa shape index (κ1) is 16.8. The maximum atomic E-state index is 11.8. The van der Waals surface area contributed by atoms with Crippen LogP contribution >= 0.6 is 0 Å². The highest BCUT2D eigenvalue weighted by molar-refractivity contribution is 5.77. The van der Waals surface area contributed by atoms with Gasteiger partial charge in [-0.3, -0.25) is 4.79 Å². The summed E-state index contributed by atoms with van der Waals surface area (Å²) in [5, 5.41) is 2.97. The molecule has 2 rings (SSSR count). The minimum Gasteiger partial charge on any atom is -0.484 e. The minimum absolute atomic E-state index is 0.0503. The summed E-state index contributed by atoms with van der Waals surface area (Å²) in [6, 6.07) is 9.41. The number of carbonyl (C=O) groups excluding carboxylic acids is 1. The summed E-state index contributed by atoms with van der Waals surface area (Å²) in [6.45, 7) is 4.79. The van der Waals surface area contributed by atoms with Crippen LogP contribution in [0.4, 0.5) is 0 Å². The number of para-hydroxylation sites is 1. The fourth-order valence-corrected chi connectivity index (χ4v) is 2.61. The maximum absolute atomic E-state index is 11.8. The van der Waals surface area contributed by atoms with E-state index in [1.807, 2.05) is 30.3 Å². The molecule has 1 N–H and O–H groups in total. The summed E-state index contributed by atoms with van der Waals surface area (Å²) in [4.78, 5) is 14.2. The average Bonchev–Trinajstić information content (AvgIpc) is 2.58. The molecule has 22 heavy (non-hydrogen) atoms. The Labute approximate surface area is 132 Å². The summed E-state index contributed by atoms with van der Waals surface area (Å²) >= 11 is 0. The molecular weight excluding hydrogens is 280 g/mol. The third kappa shape index (κ3) is 6.03. The summed E-state index contributed by atoms with van der Waals surface area (Å²) in [7, 11) is 1.74. The Morgan fingerprint density at radius 2 is 2.00 bits per heavy atom. The zero-order valence-electron chi connectivity index (χ0n) is 13.3. The van der Waals surface area contributed by atoms with Crippen LogP contribution in [0.1, 0.15) is 12.8 Å². The van der Waals surface area contributed by atoms with Crippen molar-refractivity contribution in [2.45, 2.75) is 12.8 Å². The number of methoxy groups -OCH3 is 1. The monoisotopic (exact) mass is 306 g/mol. The predicted octanol–water partition coefficient (Wildman–Crippen LogP) is 1.54.